The first-order valence-corrected chi connectivity index (χ1v) is 9.30. The van der Waals surface area contributed by atoms with Gasteiger partial charge in [0, 0.05) is 26.2 Å². The van der Waals surface area contributed by atoms with Gasteiger partial charge in [-0.25, -0.2) is 16.8 Å². The molecule has 0 spiro atoms. The third-order valence-corrected chi connectivity index (χ3v) is 7.36. The molecule has 6 nitrogen and oxygen atoms in total. The van der Waals surface area contributed by atoms with Crippen molar-refractivity contribution in [3.05, 3.63) is 0 Å². The standard InChI is InChI=1S/C10H22N2O4S2/c1-4-9-17(13,14)11-5-7-12(8-6-11)18(15,16)10(2)3/h10H,4-9H2,1-3H3. The van der Waals surface area contributed by atoms with Crippen LogP contribution in [0.25, 0.3) is 0 Å². The smallest absolute Gasteiger partial charge is 0.212 e. The van der Waals surface area contributed by atoms with Crippen molar-refractivity contribution in [2.45, 2.75) is 32.4 Å². The maximum Gasteiger partial charge on any atom is 0.216 e. The van der Waals surface area contributed by atoms with Gasteiger partial charge in [-0.1, -0.05) is 6.92 Å². The van der Waals surface area contributed by atoms with E-state index in [4.69, 9.17) is 0 Å². The fraction of sp³-hybridized carbons (Fsp3) is 1.00. The Morgan fingerprint density at radius 3 is 1.78 bits per heavy atom. The van der Waals surface area contributed by atoms with Crippen molar-refractivity contribution in [1.82, 2.24) is 8.61 Å². The highest BCUT2D eigenvalue weighted by atomic mass is 32.2. The Hall–Kier alpha value is -0.180. The zero-order valence-electron chi connectivity index (χ0n) is 11.2. The molecule has 0 aromatic heterocycles. The summed E-state index contributed by atoms with van der Waals surface area (Å²) in [5.41, 5.74) is 0. The first-order valence-electron chi connectivity index (χ1n) is 6.18. The predicted molar refractivity (Wildman–Crippen MR) is 71.3 cm³/mol. The van der Waals surface area contributed by atoms with E-state index in [0.717, 1.165) is 0 Å². The predicted octanol–water partition coefficient (Wildman–Crippen LogP) is 0.0820. The highest BCUT2D eigenvalue weighted by Crippen LogP contribution is 2.14. The molecule has 0 amide bonds. The molecule has 0 saturated carbocycles. The number of piperazine rings is 1. The fourth-order valence-electron chi connectivity index (χ4n) is 1.89. The molecule has 0 aromatic rings. The lowest BCUT2D eigenvalue weighted by molar-refractivity contribution is 0.271. The first-order chi connectivity index (χ1) is 8.21. The molecule has 1 saturated heterocycles. The molecular formula is C10H22N2O4S2. The van der Waals surface area contributed by atoms with Crippen LogP contribution in [0.3, 0.4) is 0 Å². The zero-order valence-corrected chi connectivity index (χ0v) is 12.8. The van der Waals surface area contributed by atoms with Gasteiger partial charge in [0.15, 0.2) is 0 Å². The second-order valence-electron chi connectivity index (χ2n) is 4.71. The van der Waals surface area contributed by atoms with E-state index in [-0.39, 0.29) is 31.9 Å². The van der Waals surface area contributed by atoms with Crippen molar-refractivity contribution in [2.75, 3.05) is 31.9 Å². The van der Waals surface area contributed by atoms with Crippen LogP contribution < -0.4 is 0 Å². The molecule has 0 N–H and O–H groups in total. The topological polar surface area (TPSA) is 74.8 Å². The third-order valence-electron chi connectivity index (χ3n) is 3.01. The minimum absolute atomic E-state index is 0.129. The molecule has 1 aliphatic heterocycles. The van der Waals surface area contributed by atoms with Gasteiger partial charge >= 0.3 is 0 Å². The van der Waals surface area contributed by atoms with Crippen LogP contribution in [0, 0.1) is 0 Å². The molecule has 0 aromatic carbocycles. The van der Waals surface area contributed by atoms with Crippen molar-refractivity contribution in [3.63, 3.8) is 0 Å². The summed E-state index contributed by atoms with van der Waals surface area (Å²) >= 11 is 0. The van der Waals surface area contributed by atoms with Gasteiger partial charge in [0.25, 0.3) is 0 Å². The van der Waals surface area contributed by atoms with Gasteiger partial charge in [-0.3, -0.25) is 0 Å². The molecule has 1 rings (SSSR count). The van der Waals surface area contributed by atoms with Gasteiger partial charge in [0.1, 0.15) is 0 Å². The van der Waals surface area contributed by atoms with E-state index in [1.165, 1.54) is 8.61 Å². The van der Waals surface area contributed by atoms with Crippen molar-refractivity contribution in [1.29, 1.82) is 0 Å². The lowest BCUT2D eigenvalue weighted by Gasteiger charge is -2.34. The molecule has 0 radical (unpaired) electrons. The van der Waals surface area contributed by atoms with Crippen LogP contribution in [-0.2, 0) is 20.0 Å². The molecule has 18 heavy (non-hydrogen) atoms. The minimum atomic E-state index is -3.27. The van der Waals surface area contributed by atoms with E-state index in [1.54, 1.807) is 13.8 Å². The van der Waals surface area contributed by atoms with E-state index in [1.807, 2.05) is 6.92 Å². The van der Waals surface area contributed by atoms with Crippen molar-refractivity contribution >= 4 is 20.0 Å². The summed E-state index contributed by atoms with van der Waals surface area (Å²) in [5, 5.41) is -0.462. The number of sulfonamides is 2. The Labute approximate surface area is 110 Å². The minimum Gasteiger partial charge on any atom is -0.212 e. The quantitative estimate of drug-likeness (QED) is 0.720. The zero-order chi connectivity index (χ0) is 14.0. The third kappa shape index (κ3) is 3.43. The van der Waals surface area contributed by atoms with Crippen LogP contribution in [0.4, 0.5) is 0 Å². The summed E-state index contributed by atoms with van der Waals surface area (Å²) in [6, 6.07) is 0. The maximum atomic E-state index is 11.9. The summed E-state index contributed by atoms with van der Waals surface area (Å²) in [7, 11) is -6.48. The molecule has 1 aliphatic rings. The molecule has 8 heteroatoms. The van der Waals surface area contributed by atoms with Gasteiger partial charge < -0.3 is 0 Å². The van der Waals surface area contributed by atoms with Crippen molar-refractivity contribution in [2.24, 2.45) is 0 Å². The maximum absolute atomic E-state index is 11.9. The largest absolute Gasteiger partial charge is 0.216 e. The molecule has 0 atom stereocenters. The van der Waals surface area contributed by atoms with Gasteiger partial charge in [0.2, 0.25) is 20.0 Å². The number of rotatable bonds is 5. The normalized spacial score (nSPS) is 20.4. The Kier molecular flexibility index (Phi) is 5.16. The molecule has 1 heterocycles. The van der Waals surface area contributed by atoms with E-state index >= 15 is 0 Å². The summed E-state index contributed by atoms with van der Waals surface area (Å²) in [6.45, 7) is 6.11. The van der Waals surface area contributed by atoms with Crippen molar-refractivity contribution in [3.8, 4) is 0 Å². The highest BCUT2D eigenvalue weighted by Gasteiger charge is 2.32. The lowest BCUT2D eigenvalue weighted by atomic mass is 10.4. The Morgan fingerprint density at radius 2 is 1.39 bits per heavy atom. The molecule has 0 aliphatic carbocycles. The van der Waals surface area contributed by atoms with Gasteiger partial charge in [0.05, 0.1) is 11.0 Å². The Morgan fingerprint density at radius 1 is 0.944 bits per heavy atom. The van der Waals surface area contributed by atoms with E-state index in [2.05, 4.69) is 0 Å². The van der Waals surface area contributed by atoms with Gasteiger partial charge in [-0.15, -0.1) is 0 Å². The van der Waals surface area contributed by atoms with Gasteiger partial charge in [-0.2, -0.15) is 8.61 Å². The molecule has 0 unspecified atom stereocenters. The molecule has 1 fully saturated rings. The van der Waals surface area contributed by atoms with Gasteiger partial charge in [-0.05, 0) is 20.3 Å². The number of hydrogen-bond donors (Lipinski definition) is 0. The van der Waals surface area contributed by atoms with Crippen LogP contribution in [0.15, 0.2) is 0 Å². The molecular weight excluding hydrogens is 276 g/mol. The number of nitrogens with zero attached hydrogens (tertiary/aromatic N) is 2. The number of hydrogen-bond acceptors (Lipinski definition) is 4. The van der Waals surface area contributed by atoms with Crippen molar-refractivity contribution < 1.29 is 16.8 Å². The fourth-order valence-corrected chi connectivity index (χ4v) is 4.65. The second-order valence-corrected chi connectivity index (χ2v) is 9.29. The highest BCUT2D eigenvalue weighted by molar-refractivity contribution is 7.89. The summed E-state index contributed by atoms with van der Waals surface area (Å²) in [5.74, 6) is 0.129. The Bertz CT molecular complexity index is 462. The van der Waals surface area contributed by atoms with Crippen LogP contribution in [-0.4, -0.2) is 62.6 Å². The van der Waals surface area contributed by atoms with E-state index in [9.17, 15) is 16.8 Å². The lowest BCUT2D eigenvalue weighted by Crippen LogP contribution is -2.52. The monoisotopic (exact) mass is 298 g/mol. The van der Waals surface area contributed by atoms with Crippen LogP contribution in [0.2, 0.25) is 0 Å². The summed E-state index contributed by atoms with van der Waals surface area (Å²) < 4.78 is 50.3. The average Bonchev–Trinajstić information content (AvgIpc) is 2.29. The van der Waals surface area contributed by atoms with Crippen LogP contribution in [0.1, 0.15) is 27.2 Å². The SMILES string of the molecule is CCCS(=O)(=O)N1CCN(S(=O)(=O)C(C)C)CC1. The molecule has 0 bridgehead atoms. The second kappa shape index (κ2) is 5.85. The van der Waals surface area contributed by atoms with E-state index < -0.39 is 25.3 Å². The summed E-state index contributed by atoms with van der Waals surface area (Å²) in [4.78, 5) is 0. The summed E-state index contributed by atoms with van der Waals surface area (Å²) in [6.07, 6.45) is 0.576. The Balaban J connectivity index is 2.68. The van der Waals surface area contributed by atoms with Crippen LogP contribution in [0.5, 0.6) is 0 Å². The van der Waals surface area contributed by atoms with E-state index in [0.29, 0.717) is 6.42 Å². The average molecular weight is 298 g/mol. The first kappa shape index (κ1) is 15.9. The van der Waals surface area contributed by atoms with Crippen LogP contribution >= 0.6 is 0 Å². The molecule has 108 valence electrons.